The number of carbonyl (C=O) groups excluding carboxylic acids is 2. The zero-order chi connectivity index (χ0) is 15.0. The van der Waals surface area contributed by atoms with Crippen LogP contribution < -0.4 is 0 Å². The van der Waals surface area contributed by atoms with E-state index in [4.69, 9.17) is 4.74 Å². The SMILES string of the molecule is COC(=O)C1CC(O)CN1C(=O)c1csc2ccccc12. The standard InChI is InChI=1S/C15H15NO4S/c1-20-15(19)12-6-9(17)7-16(12)14(18)11-8-21-13-5-3-2-4-10(11)13/h2-5,8-9,12,17H,6-7H2,1H3. The third kappa shape index (κ3) is 2.41. The van der Waals surface area contributed by atoms with Crippen LogP contribution in [-0.4, -0.2) is 47.7 Å². The highest BCUT2D eigenvalue weighted by atomic mass is 32.1. The Labute approximate surface area is 125 Å². The number of hydrogen-bond donors (Lipinski definition) is 1. The molecule has 1 N–H and O–H groups in total. The second-order valence-electron chi connectivity index (χ2n) is 5.03. The van der Waals surface area contributed by atoms with Crippen LogP contribution in [0.1, 0.15) is 16.8 Å². The van der Waals surface area contributed by atoms with E-state index >= 15 is 0 Å². The first-order valence-electron chi connectivity index (χ1n) is 6.65. The van der Waals surface area contributed by atoms with Crippen molar-refractivity contribution in [2.24, 2.45) is 0 Å². The van der Waals surface area contributed by atoms with Crippen molar-refractivity contribution in [2.75, 3.05) is 13.7 Å². The van der Waals surface area contributed by atoms with Crippen molar-refractivity contribution in [3.63, 3.8) is 0 Å². The molecule has 2 heterocycles. The maximum absolute atomic E-state index is 12.7. The van der Waals surface area contributed by atoms with E-state index in [0.717, 1.165) is 10.1 Å². The van der Waals surface area contributed by atoms with Gasteiger partial charge in [-0.25, -0.2) is 4.79 Å². The lowest BCUT2D eigenvalue weighted by molar-refractivity contribution is -0.145. The molecule has 3 rings (SSSR count). The number of esters is 1. The van der Waals surface area contributed by atoms with E-state index in [2.05, 4.69) is 0 Å². The van der Waals surface area contributed by atoms with Crippen LogP contribution in [-0.2, 0) is 9.53 Å². The van der Waals surface area contributed by atoms with Crippen molar-refractivity contribution in [3.8, 4) is 0 Å². The van der Waals surface area contributed by atoms with Gasteiger partial charge >= 0.3 is 5.97 Å². The van der Waals surface area contributed by atoms with Gasteiger partial charge in [-0.1, -0.05) is 18.2 Å². The molecule has 1 aliphatic heterocycles. The van der Waals surface area contributed by atoms with Crippen LogP contribution in [0.3, 0.4) is 0 Å². The second-order valence-corrected chi connectivity index (χ2v) is 5.94. The van der Waals surface area contributed by atoms with Crippen molar-refractivity contribution in [3.05, 3.63) is 35.2 Å². The molecule has 1 aromatic heterocycles. The molecule has 110 valence electrons. The maximum Gasteiger partial charge on any atom is 0.328 e. The number of β-amino-alcohol motifs (C(OH)–C–C–N with tert-alkyl or cyclic N) is 1. The minimum absolute atomic E-state index is 0.156. The van der Waals surface area contributed by atoms with Crippen molar-refractivity contribution in [1.29, 1.82) is 0 Å². The van der Waals surface area contributed by atoms with Crippen molar-refractivity contribution >= 4 is 33.3 Å². The van der Waals surface area contributed by atoms with Gasteiger partial charge in [-0.2, -0.15) is 0 Å². The predicted octanol–water partition coefficient (Wildman–Crippen LogP) is 1.65. The van der Waals surface area contributed by atoms with E-state index in [9.17, 15) is 14.7 Å². The summed E-state index contributed by atoms with van der Waals surface area (Å²) in [6.45, 7) is 0.156. The van der Waals surface area contributed by atoms with E-state index in [0.29, 0.717) is 5.56 Å². The van der Waals surface area contributed by atoms with Gasteiger partial charge in [0.15, 0.2) is 0 Å². The molecule has 0 spiro atoms. The smallest absolute Gasteiger partial charge is 0.328 e. The first kappa shape index (κ1) is 14.0. The number of ether oxygens (including phenoxy) is 1. The Hall–Kier alpha value is -1.92. The summed E-state index contributed by atoms with van der Waals surface area (Å²) in [5, 5.41) is 12.4. The largest absolute Gasteiger partial charge is 0.467 e. The van der Waals surface area contributed by atoms with E-state index in [1.54, 1.807) is 5.38 Å². The highest BCUT2D eigenvalue weighted by molar-refractivity contribution is 7.17. The summed E-state index contributed by atoms with van der Waals surface area (Å²) in [6.07, 6.45) is -0.469. The lowest BCUT2D eigenvalue weighted by Crippen LogP contribution is -2.41. The second kappa shape index (κ2) is 5.46. The molecule has 1 aromatic carbocycles. The van der Waals surface area contributed by atoms with E-state index in [1.165, 1.54) is 23.3 Å². The van der Waals surface area contributed by atoms with Gasteiger partial charge in [-0.05, 0) is 6.07 Å². The number of amides is 1. The van der Waals surface area contributed by atoms with E-state index in [-0.39, 0.29) is 18.9 Å². The molecule has 0 aliphatic carbocycles. The molecule has 2 aromatic rings. The Balaban J connectivity index is 1.95. The lowest BCUT2D eigenvalue weighted by Gasteiger charge is -2.22. The number of aliphatic hydroxyl groups excluding tert-OH is 1. The van der Waals surface area contributed by atoms with Gasteiger partial charge in [0.2, 0.25) is 0 Å². The van der Waals surface area contributed by atoms with Crippen LogP contribution in [0, 0.1) is 0 Å². The Morgan fingerprint density at radius 3 is 2.90 bits per heavy atom. The minimum atomic E-state index is -0.712. The van der Waals surface area contributed by atoms with Crippen molar-refractivity contribution in [2.45, 2.75) is 18.6 Å². The first-order chi connectivity index (χ1) is 10.1. The van der Waals surface area contributed by atoms with Gasteiger partial charge in [-0.15, -0.1) is 11.3 Å². The fourth-order valence-electron chi connectivity index (χ4n) is 2.70. The Kier molecular flexibility index (Phi) is 3.65. The van der Waals surface area contributed by atoms with E-state index < -0.39 is 18.1 Å². The summed E-state index contributed by atoms with van der Waals surface area (Å²) in [4.78, 5) is 25.9. The van der Waals surface area contributed by atoms with Gasteiger partial charge in [0, 0.05) is 28.4 Å². The summed E-state index contributed by atoms with van der Waals surface area (Å²) < 4.78 is 5.75. The lowest BCUT2D eigenvalue weighted by atomic mass is 10.1. The van der Waals surface area contributed by atoms with Gasteiger partial charge < -0.3 is 14.7 Å². The summed E-state index contributed by atoms with van der Waals surface area (Å²) in [7, 11) is 1.29. The average Bonchev–Trinajstić information content (AvgIpc) is 3.09. The molecule has 2 atom stereocenters. The molecule has 1 aliphatic rings. The molecule has 6 heteroatoms. The van der Waals surface area contributed by atoms with Crippen molar-refractivity contribution < 1.29 is 19.4 Å². The molecule has 0 bridgehead atoms. The van der Waals surface area contributed by atoms with Crippen LogP contribution in [0.25, 0.3) is 10.1 Å². The molecule has 0 radical (unpaired) electrons. The number of rotatable bonds is 2. The zero-order valence-electron chi connectivity index (χ0n) is 11.5. The van der Waals surface area contributed by atoms with Crippen LogP contribution in [0.15, 0.2) is 29.6 Å². The minimum Gasteiger partial charge on any atom is -0.467 e. The third-order valence-electron chi connectivity index (χ3n) is 3.72. The molecule has 0 saturated carbocycles. The maximum atomic E-state index is 12.7. The van der Waals surface area contributed by atoms with Crippen LogP contribution in [0.2, 0.25) is 0 Å². The number of likely N-dealkylation sites (tertiary alicyclic amines) is 1. The normalized spacial score (nSPS) is 21.7. The highest BCUT2D eigenvalue weighted by Crippen LogP contribution is 2.29. The molecule has 1 amide bonds. The molecular weight excluding hydrogens is 290 g/mol. The summed E-state index contributed by atoms with van der Waals surface area (Å²) in [5.41, 5.74) is 0.568. The van der Waals surface area contributed by atoms with Gasteiger partial charge in [0.05, 0.1) is 18.8 Å². The van der Waals surface area contributed by atoms with Crippen LogP contribution >= 0.6 is 11.3 Å². The highest BCUT2D eigenvalue weighted by Gasteiger charge is 2.40. The fourth-order valence-corrected chi connectivity index (χ4v) is 3.63. The molecular formula is C15H15NO4S. The summed E-state index contributed by atoms with van der Waals surface area (Å²) >= 11 is 1.49. The molecule has 1 fully saturated rings. The molecule has 2 unspecified atom stereocenters. The molecule has 1 saturated heterocycles. The number of hydrogen-bond acceptors (Lipinski definition) is 5. The van der Waals surface area contributed by atoms with Crippen LogP contribution in [0.4, 0.5) is 0 Å². The third-order valence-corrected chi connectivity index (χ3v) is 4.69. The van der Waals surface area contributed by atoms with Crippen molar-refractivity contribution in [1.82, 2.24) is 4.90 Å². The molecule has 5 nitrogen and oxygen atoms in total. The van der Waals surface area contributed by atoms with E-state index in [1.807, 2.05) is 24.3 Å². The number of methoxy groups -OCH3 is 1. The number of thiophene rings is 1. The Morgan fingerprint density at radius 2 is 2.14 bits per heavy atom. The summed E-state index contributed by atoms with van der Waals surface area (Å²) in [6, 6.07) is 6.93. The Bertz CT molecular complexity index is 696. The number of fused-ring (bicyclic) bond motifs is 1. The number of aliphatic hydroxyl groups is 1. The first-order valence-corrected chi connectivity index (χ1v) is 7.53. The zero-order valence-corrected chi connectivity index (χ0v) is 12.3. The number of carbonyl (C=O) groups is 2. The average molecular weight is 305 g/mol. The predicted molar refractivity (Wildman–Crippen MR) is 79.3 cm³/mol. The van der Waals surface area contributed by atoms with Gasteiger partial charge in [-0.3, -0.25) is 4.79 Å². The summed E-state index contributed by atoms with van der Waals surface area (Å²) in [5.74, 6) is -0.723. The van der Waals surface area contributed by atoms with Crippen LogP contribution in [0.5, 0.6) is 0 Å². The van der Waals surface area contributed by atoms with Gasteiger partial charge in [0.25, 0.3) is 5.91 Å². The topological polar surface area (TPSA) is 66.8 Å². The van der Waals surface area contributed by atoms with Gasteiger partial charge in [0.1, 0.15) is 6.04 Å². The monoisotopic (exact) mass is 305 g/mol. The number of benzene rings is 1. The number of nitrogens with zero attached hydrogens (tertiary/aromatic N) is 1. The Morgan fingerprint density at radius 1 is 1.38 bits per heavy atom. The molecule has 21 heavy (non-hydrogen) atoms. The fraction of sp³-hybridized carbons (Fsp3) is 0.333. The quantitative estimate of drug-likeness (QED) is 0.857.